The number of benzene rings is 2. The van der Waals surface area contributed by atoms with E-state index in [9.17, 15) is 4.79 Å². The average Bonchev–Trinajstić information content (AvgIpc) is 3.18. The molecular formula is C18H14O5. The third-order valence-electron chi connectivity index (χ3n) is 3.64. The van der Waals surface area contributed by atoms with Gasteiger partial charge in [0.1, 0.15) is 18.0 Å². The number of fused-ring (bicyclic) bond motifs is 2. The van der Waals surface area contributed by atoms with Gasteiger partial charge >= 0.3 is 5.97 Å². The molecule has 0 unspecified atom stereocenters. The minimum atomic E-state index is -0.315. The van der Waals surface area contributed by atoms with Crippen molar-refractivity contribution in [2.24, 2.45) is 0 Å². The van der Waals surface area contributed by atoms with Crippen molar-refractivity contribution in [3.05, 3.63) is 59.9 Å². The van der Waals surface area contributed by atoms with E-state index in [-0.39, 0.29) is 25.8 Å². The summed E-state index contributed by atoms with van der Waals surface area (Å²) in [6.07, 6.45) is 0.177. The SMILES string of the molecule is O=C(Cc1ccc2c(c1)OCO2)OCc1cc2ccccc2o1. The van der Waals surface area contributed by atoms with Gasteiger partial charge in [-0.3, -0.25) is 4.79 Å². The molecule has 0 fully saturated rings. The molecule has 0 N–H and O–H groups in total. The van der Waals surface area contributed by atoms with Crippen LogP contribution in [-0.4, -0.2) is 12.8 Å². The van der Waals surface area contributed by atoms with Gasteiger partial charge in [0.25, 0.3) is 0 Å². The highest BCUT2D eigenvalue weighted by atomic mass is 16.7. The van der Waals surface area contributed by atoms with Crippen LogP contribution in [0.3, 0.4) is 0 Å². The van der Waals surface area contributed by atoms with E-state index in [1.807, 2.05) is 36.4 Å². The van der Waals surface area contributed by atoms with E-state index in [4.69, 9.17) is 18.6 Å². The molecule has 2 aromatic carbocycles. The van der Waals surface area contributed by atoms with Crippen LogP contribution in [0.25, 0.3) is 11.0 Å². The Labute approximate surface area is 132 Å². The van der Waals surface area contributed by atoms with Crippen molar-refractivity contribution in [3.8, 4) is 11.5 Å². The van der Waals surface area contributed by atoms with E-state index >= 15 is 0 Å². The number of hydrogen-bond acceptors (Lipinski definition) is 5. The van der Waals surface area contributed by atoms with E-state index in [1.165, 1.54) is 0 Å². The summed E-state index contributed by atoms with van der Waals surface area (Å²) in [6.45, 7) is 0.341. The van der Waals surface area contributed by atoms with Crippen LogP contribution < -0.4 is 9.47 Å². The standard InChI is InChI=1S/C18H14O5/c19-18(8-12-5-6-16-17(7-12)22-11-21-16)20-10-14-9-13-3-1-2-4-15(13)23-14/h1-7,9H,8,10-11H2. The fraction of sp³-hybridized carbons (Fsp3) is 0.167. The number of rotatable bonds is 4. The lowest BCUT2D eigenvalue weighted by Gasteiger charge is -2.04. The molecule has 0 atom stereocenters. The fourth-order valence-corrected chi connectivity index (χ4v) is 2.53. The second-order valence-electron chi connectivity index (χ2n) is 5.28. The summed E-state index contributed by atoms with van der Waals surface area (Å²) in [4.78, 5) is 12.0. The lowest BCUT2D eigenvalue weighted by molar-refractivity contribution is -0.144. The van der Waals surface area contributed by atoms with E-state index in [2.05, 4.69) is 0 Å². The highest BCUT2D eigenvalue weighted by Gasteiger charge is 2.15. The Balaban J connectivity index is 1.38. The van der Waals surface area contributed by atoms with Crippen LogP contribution in [-0.2, 0) is 22.6 Å². The van der Waals surface area contributed by atoms with Crippen LogP contribution >= 0.6 is 0 Å². The molecule has 2 heterocycles. The number of esters is 1. The maximum Gasteiger partial charge on any atom is 0.310 e. The van der Waals surface area contributed by atoms with Gasteiger partial charge in [0.15, 0.2) is 11.5 Å². The fourth-order valence-electron chi connectivity index (χ4n) is 2.53. The molecule has 5 heteroatoms. The minimum Gasteiger partial charge on any atom is -0.457 e. The summed E-state index contributed by atoms with van der Waals surface area (Å²) in [5.41, 5.74) is 1.61. The molecule has 1 aliphatic rings. The van der Waals surface area contributed by atoms with Crippen molar-refractivity contribution < 1.29 is 23.4 Å². The smallest absolute Gasteiger partial charge is 0.310 e. The summed E-state index contributed by atoms with van der Waals surface area (Å²) >= 11 is 0. The zero-order chi connectivity index (χ0) is 15.6. The Morgan fingerprint density at radius 2 is 1.91 bits per heavy atom. The normalized spacial score (nSPS) is 12.5. The van der Waals surface area contributed by atoms with Gasteiger partial charge in [0.2, 0.25) is 6.79 Å². The van der Waals surface area contributed by atoms with Gasteiger partial charge in [0.05, 0.1) is 6.42 Å². The van der Waals surface area contributed by atoms with Crippen molar-refractivity contribution in [2.45, 2.75) is 13.0 Å². The highest BCUT2D eigenvalue weighted by Crippen LogP contribution is 2.32. The van der Waals surface area contributed by atoms with Crippen LogP contribution in [0.15, 0.2) is 52.9 Å². The predicted octanol–water partition coefficient (Wildman–Crippen LogP) is 3.45. The molecule has 4 rings (SSSR count). The summed E-state index contributed by atoms with van der Waals surface area (Å²) < 4.78 is 21.4. The Bertz CT molecular complexity index is 832. The molecule has 0 saturated heterocycles. The zero-order valence-corrected chi connectivity index (χ0v) is 12.3. The minimum absolute atomic E-state index is 0.123. The monoisotopic (exact) mass is 310 g/mol. The van der Waals surface area contributed by atoms with E-state index < -0.39 is 0 Å². The Kier molecular flexibility index (Phi) is 3.38. The van der Waals surface area contributed by atoms with E-state index in [0.717, 1.165) is 16.5 Å². The summed E-state index contributed by atoms with van der Waals surface area (Å²) in [5.74, 6) is 1.67. The number of para-hydroxylation sites is 1. The van der Waals surface area contributed by atoms with Crippen molar-refractivity contribution >= 4 is 16.9 Å². The lowest BCUT2D eigenvalue weighted by atomic mass is 10.1. The number of carbonyl (C=O) groups excluding carboxylic acids is 1. The van der Waals surface area contributed by atoms with Crippen LogP contribution in [0.2, 0.25) is 0 Å². The second-order valence-corrected chi connectivity index (χ2v) is 5.28. The average molecular weight is 310 g/mol. The van der Waals surface area contributed by atoms with Crippen molar-refractivity contribution in [2.75, 3.05) is 6.79 Å². The van der Waals surface area contributed by atoms with Gasteiger partial charge in [-0.25, -0.2) is 0 Å². The number of carbonyl (C=O) groups is 1. The largest absolute Gasteiger partial charge is 0.457 e. The first-order valence-electron chi connectivity index (χ1n) is 7.29. The first-order chi connectivity index (χ1) is 11.3. The molecule has 1 aromatic heterocycles. The first-order valence-corrected chi connectivity index (χ1v) is 7.29. The maximum absolute atomic E-state index is 12.0. The molecule has 116 valence electrons. The predicted molar refractivity (Wildman–Crippen MR) is 82.3 cm³/mol. The molecule has 3 aromatic rings. The van der Waals surface area contributed by atoms with Crippen molar-refractivity contribution in [1.29, 1.82) is 0 Å². The second kappa shape index (κ2) is 5.68. The highest BCUT2D eigenvalue weighted by molar-refractivity contribution is 5.78. The van der Waals surface area contributed by atoms with Crippen molar-refractivity contribution in [1.82, 2.24) is 0 Å². The quantitative estimate of drug-likeness (QED) is 0.691. The number of furan rings is 1. The van der Waals surface area contributed by atoms with Crippen LogP contribution in [0.5, 0.6) is 11.5 Å². The van der Waals surface area contributed by atoms with Crippen molar-refractivity contribution in [3.63, 3.8) is 0 Å². The Morgan fingerprint density at radius 3 is 2.83 bits per heavy atom. The molecule has 1 aliphatic heterocycles. The molecular weight excluding hydrogens is 296 g/mol. The van der Waals surface area contributed by atoms with E-state index in [1.54, 1.807) is 12.1 Å². The summed E-state index contributed by atoms with van der Waals surface area (Å²) in [6, 6.07) is 15.0. The van der Waals surface area contributed by atoms with Crippen LogP contribution in [0.4, 0.5) is 0 Å². The van der Waals surface area contributed by atoms with Gasteiger partial charge in [-0.2, -0.15) is 0 Å². The summed E-state index contributed by atoms with van der Waals surface area (Å²) in [5, 5.41) is 0.995. The molecule has 0 amide bonds. The Hall–Kier alpha value is -2.95. The maximum atomic E-state index is 12.0. The third-order valence-corrected chi connectivity index (χ3v) is 3.64. The topological polar surface area (TPSA) is 57.9 Å². The molecule has 0 radical (unpaired) electrons. The van der Waals surface area contributed by atoms with Gasteiger partial charge in [0, 0.05) is 5.39 Å². The number of hydrogen-bond donors (Lipinski definition) is 0. The molecule has 0 spiro atoms. The van der Waals surface area contributed by atoms with Crippen LogP contribution in [0.1, 0.15) is 11.3 Å². The molecule has 0 saturated carbocycles. The first kappa shape index (κ1) is 13.7. The van der Waals surface area contributed by atoms with Gasteiger partial charge < -0.3 is 18.6 Å². The molecule has 5 nitrogen and oxygen atoms in total. The Morgan fingerprint density at radius 1 is 1.04 bits per heavy atom. The molecule has 0 aliphatic carbocycles. The molecule has 23 heavy (non-hydrogen) atoms. The zero-order valence-electron chi connectivity index (χ0n) is 12.3. The lowest BCUT2D eigenvalue weighted by Crippen LogP contribution is -2.07. The summed E-state index contributed by atoms with van der Waals surface area (Å²) in [7, 11) is 0. The third kappa shape index (κ3) is 2.85. The van der Waals surface area contributed by atoms with Gasteiger partial charge in [-0.1, -0.05) is 24.3 Å². The van der Waals surface area contributed by atoms with Gasteiger partial charge in [-0.15, -0.1) is 0 Å². The number of ether oxygens (including phenoxy) is 3. The molecule has 0 bridgehead atoms. The van der Waals surface area contributed by atoms with Gasteiger partial charge in [-0.05, 0) is 29.8 Å². The van der Waals surface area contributed by atoms with Crippen LogP contribution in [0, 0.1) is 0 Å². The van der Waals surface area contributed by atoms with E-state index in [0.29, 0.717) is 17.3 Å².